The third kappa shape index (κ3) is 4.74. The third-order valence-electron chi connectivity index (χ3n) is 3.83. The molecule has 1 rings (SSSR count). The zero-order valence-electron chi connectivity index (χ0n) is 13.5. The van der Waals surface area contributed by atoms with E-state index in [0.29, 0.717) is 24.1 Å². The number of aromatic hydroxyl groups is 1. The molecule has 0 aliphatic rings. The highest BCUT2D eigenvalue weighted by Gasteiger charge is 2.28. The van der Waals surface area contributed by atoms with Crippen LogP contribution < -0.4 is 5.32 Å². The largest absolute Gasteiger partial charge is 0.507 e. The summed E-state index contributed by atoms with van der Waals surface area (Å²) in [7, 11) is 0. The molecule has 1 amide bonds. The predicted octanol–water partition coefficient (Wildman–Crippen LogP) is 3.67. The van der Waals surface area contributed by atoms with Crippen LogP contribution in [-0.2, 0) is 4.79 Å². The number of benzene rings is 1. The van der Waals surface area contributed by atoms with Crippen LogP contribution in [0.1, 0.15) is 57.1 Å². The van der Waals surface area contributed by atoms with Gasteiger partial charge >= 0.3 is 0 Å². The van der Waals surface area contributed by atoms with Crippen molar-refractivity contribution in [3.05, 3.63) is 23.3 Å². The van der Waals surface area contributed by atoms with Crippen LogP contribution >= 0.6 is 0 Å². The second kappa shape index (κ2) is 7.46. The molecule has 0 aliphatic heterocycles. The normalized spacial score (nSPS) is 11.5. The minimum atomic E-state index is -0.936. The molecule has 118 valence electrons. The van der Waals surface area contributed by atoms with E-state index in [-0.39, 0.29) is 18.1 Å². The first-order valence-electron chi connectivity index (χ1n) is 7.64. The standard InChI is InChI=1S/C17H27NO3/c1-5-9-17(21,10-6-2)11-15(19)18-14-8-7-12(3)16(20)13(14)4/h7-8,20-21H,5-6,9-11H2,1-4H3,(H,18,19). The molecule has 4 nitrogen and oxygen atoms in total. The summed E-state index contributed by atoms with van der Waals surface area (Å²) >= 11 is 0. The number of amides is 1. The van der Waals surface area contributed by atoms with Crippen molar-refractivity contribution in [3.63, 3.8) is 0 Å². The Balaban J connectivity index is 2.79. The van der Waals surface area contributed by atoms with Gasteiger partial charge < -0.3 is 15.5 Å². The third-order valence-corrected chi connectivity index (χ3v) is 3.83. The number of aryl methyl sites for hydroxylation is 1. The summed E-state index contributed by atoms with van der Waals surface area (Å²) < 4.78 is 0. The Morgan fingerprint density at radius 1 is 1.19 bits per heavy atom. The van der Waals surface area contributed by atoms with Gasteiger partial charge in [0.25, 0.3) is 0 Å². The lowest BCUT2D eigenvalue weighted by molar-refractivity contribution is -0.121. The van der Waals surface area contributed by atoms with Crippen molar-refractivity contribution in [2.75, 3.05) is 5.32 Å². The Labute approximate surface area is 127 Å². The van der Waals surface area contributed by atoms with E-state index >= 15 is 0 Å². The molecule has 0 unspecified atom stereocenters. The summed E-state index contributed by atoms with van der Waals surface area (Å²) in [6, 6.07) is 3.54. The van der Waals surface area contributed by atoms with E-state index in [1.807, 2.05) is 20.8 Å². The molecule has 0 aliphatic carbocycles. The highest BCUT2D eigenvalue weighted by molar-refractivity contribution is 5.92. The highest BCUT2D eigenvalue weighted by Crippen LogP contribution is 2.29. The van der Waals surface area contributed by atoms with Crippen molar-refractivity contribution in [1.82, 2.24) is 0 Å². The summed E-state index contributed by atoms with van der Waals surface area (Å²) in [5.74, 6) is -0.0177. The summed E-state index contributed by atoms with van der Waals surface area (Å²) in [6.07, 6.45) is 3.00. The number of hydrogen-bond acceptors (Lipinski definition) is 3. The molecule has 1 aromatic carbocycles. The maximum absolute atomic E-state index is 12.2. The molecule has 0 aromatic heterocycles. The maximum Gasteiger partial charge on any atom is 0.227 e. The number of hydrogen-bond donors (Lipinski definition) is 3. The fraction of sp³-hybridized carbons (Fsp3) is 0.588. The van der Waals surface area contributed by atoms with Crippen LogP contribution in [0.5, 0.6) is 5.75 Å². The van der Waals surface area contributed by atoms with E-state index in [2.05, 4.69) is 5.32 Å². The number of rotatable bonds is 7. The maximum atomic E-state index is 12.2. The predicted molar refractivity (Wildman–Crippen MR) is 85.6 cm³/mol. The van der Waals surface area contributed by atoms with Gasteiger partial charge in [-0.25, -0.2) is 0 Å². The monoisotopic (exact) mass is 293 g/mol. The van der Waals surface area contributed by atoms with Crippen molar-refractivity contribution in [3.8, 4) is 5.75 Å². The highest BCUT2D eigenvalue weighted by atomic mass is 16.3. The van der Waals surface area contributed by atoms with Gasteiger partial charge in [0.2, 0.25) is 5.91 Å². The van der Waals surface area contributed by atoms with Gasteiger partial charge in [-0.2, -0.15) is 0 Å². The molecular weight excluding hydrogens is 266 g/mol. The second-order valence-corrected chi connectivity index (χ2v) is 5.85. The minimum Gasteiger partial charge on any atom is -0.507 e. The Hall–Kier alpha value is -1.55. The molecular formula is C17H27NO3. The van der Waals surface area contributed by atoms with Crippen LogP contribution in [0.4, 0.5) is 5.69 Å². The van der Waals surface area contributed by atoms with Gasteiger partial charge in [-0.05, 0) is 38.3 Å². The summed E-state index contributed by atoms with van der Waals surface area (Å²) in [4.78, 5) is 12.2. The molecule has 3 N–H and O–H groups in total. The molecule has 0 saturated carbocycles. The summed E-state index contributed by atoms with van der Waals surface area (Å²) in [6.45, 7) is 7.58. The number of nitrogens with one attached hydrogen (secondary N) is 1. The quantitative estimate of drug-likeness (QED) is 0.718. The Morgan fingerprint density at radius 2 is 1.76 bits per heavy atom. The zero-order chi connectivity index (χ0) is 16.0. The van der Waals surface area contributed by atoms with Gasteiger partial charge in [-0.1, -0.05) is 32.8 Å². The first kappa shape index (κ1) is 17.5. The van der Waals surface area contributed by atoms with E-state index in [1.165, 1.54) is 0 Å². The van der Waals surface area contributed by atoms with Crippen molar-refractivity contribution in [2.45, 2.75) is 65.4 Å². The van der Waals surface area contributed by atoms with Gasteiger partial charge in [-0.3, -0.25) is 4.79 Å². The van der Waals surface area contributed by atoms with Crippen molar-refractivity contribution in [1.29, 1.82) is 0 Å². The van der Waals surface area contributed by atoms with Crippen LogP contribution in [-0.4, -0.2) is 21.7 Å². The van der Waals surface area contributed by atoms with Gasteiger partial charge in [0.1, 0.15) is 5.75 Å². The van der Waals surface area contributed by atoms with Crippen LogP contribution in [0.3, 0.4) is 0 Å². The molecule has 0 fully saturated rings. The fourth-order valence-corrected chi connectivity index (χ4v) is 2.70. The van der Waals surface area contributed by atoms with Crippen molar-refractivity contribution in [2.24, 2.45) is 0 Å². The number of phenolic OH excluding ortho intramolecular Hbond substituents is 1. The number of phenols is 1. The lowest BCUT2D eigenvalue weighted by Gasteiger charge is -2.27. The first-order valence-corrected chi connectivity index (χ1v) is 7.64. The Kier molecular flexibility index (Phi) is 6.21. The molecule has 0 saturated heterocycles. The lowest BCUT2D eigenvalue weighted by Crippen LogP contribution is -2.33. The smallest absolute Gasteiger partial charge is 0.227 e. The number of aliphatic hydroxyl groups is 1. The van der Waals surface area contributed by atoms with Crippen LogP contribution in [0.15, 0.2) is 12.1 Å². The molecule has 0 bridgehead atoms. The molecule has 0 radical (unpaired) electrons. The van der Waals surface area contributed by atoms with E-state index in [4.69, 9.17) is 0 Å². The van der Waals surface area contributed by atoms with Crippen LogP contribution in [0.25, 0.3) is 0 Å². The van der Waals surface area contributed by atoms with Gasteiger partial charge in [0.05, 0.1) is 12.0 Å². The van der Waals surface area contributed by atoms with E-state index in [0.717, 1.165) is 18.4 Å². The van der Waals surface area contributed by atoms with Gasteiger partial charge in [0, 0.05) is 11.3 Å². The number of carbonyl (C=O) groups is 1. The van der Waals surface area contributed by atoms with E-state index < -0.39 is 5.60 Å². The van der Waals surface area contributed by atoms with Crippen molar-refractivity contribution >= 4 is 11.6 Å². The van der Waals surface area contributed by atoms with E-state index in [9.17, 15) is 15.0 Å². The molecule has 4 heteroatoms. The Bertz CT molecular complexity index is 491. The fourth-order valence-electron chi connectivity index (χ4n) is 2.70. The van der Waals surface area contributed by atoms with Crippen LogP contribution in [0.2, 0.25) is 0 Å². The van der Waals surface area contributed by atoms with E-state index in [1.54, 1.807) is 19.1 Å². The van der Waals surface area contributed by atoms with Crippen molar-refractivity contribution < 1.29 is 15.0 Å². The van der Waals surface area contributed by atoms with Gasteiger partial charge in [0.15, 0.2) is 0 Å². The molecule has 0 spiro atoms. The number of anilines is 1. The molecule has 21 heavy (non-hydrogen) atoms. The molecule has 1 aromatic rings. The SMILES string of the molecule is CCCC(O)(CCC)CC(=O)Nc1ccc(C)c(O)c1C. The molecule has 0 heterocycles. The number of carbonyl (C=O) groups excluding carboxylic acids is 1. The first-order chi connectivity index (χ1) is 9.83. The average molecular weight is 293 g/mol. The molecule has 0 atom stereocenters. The summed E-state index contributed by atoms with van der Waals surface area (Å²) in [5.41, 5.74) is 1.09. The van der Waals surface area contributed by atoms with Gasteiger partial charge in [-0.15, -0.1) is 0 Å². The lowest BCUT2D eigenvalue weighted by atomic mass is 9.89. The second-order valence-electron chi connectivity index (χ2n) is 5.85. The Morgan fingerprint density at radius 3 is 2.29 bits per heavy atom. The average Bonchev–Trinajstić information content (AvgIpc) is 2.39. The van der Waals surface area contributed by atoms with Crippen LogP contribution in [0, 0.1) is 13.8 Å². The zero-order valence-corrected chi connectivity index (χ0v) is 13.5. The summed E-state index contributed by atoms with van der Waals surface area (Å²) in [5, 5.41) is 23.2. The topological polar surface area (TPSA) is 69.6 Å². The minimum absolute atomic E-state index is 0.0861.